The molecule has 0 heterocycles. The number of allylic oxidation sites excluding steroid dienone is 10. The van der Waals surface area contributed by atoms with Gasteiger partial charge in [-0.25, -0.2) is 0 Å². The minimum atomic E-state index is -0.804. The Hall–Kier alpha value is -2.44. The first-order valence-corrected chi connectivity index (χ1v) is 26.5. The average Bonchev–Trinajstić information content (AvgIpc) is 3.26. The summed E-state index contributed by atoms with van der Waals surface area (Å²) in [5.74, 6) is -0.536. The van der Waals surface area contributed by atoms with Gasteiger partial charge < -0.3 is 20.3 Å². The predicted octanol–water partition coefficient (Wildman–Crippen LogP) is 16.0. The quantitative estimate of drug-likeness (QED) is 0.0322. The SMILES string of the molecule is CCCCC/C=C\C/C=C\C/C=C\C/C=C\CCCC(CC(=O)NC(CO)C(O)CCCCCCCCCCCCCCCC)OC(=O)CCCCCCC/C=C\CCCCC. The molecule has 0 aliphatic heterocycles. The van der Waals surface area contributed by atoms with Gasteiger partial charge in [0.25, 0.3) is 0 Å². The zero-order valence-corrected chi connectivity index (χ0v) is 41.0. The normalized spacial score (nSPS) is 13.7. The fraction of sp³-hybridized carbons (Fsp3) is 0.786. The Balaban J connectivity index is 4.68. The van der Waals surface area contributed by atoms with Gasteiger partial charge >= 0.3 is 5.97 Å². The molecule has 0 aromatic heterocycles. The van der Waals surface area contributed by atoms with Crippen LogP contribution in [0.4, 0.5) is 0 Å². The molecule has 62 heavy (non-hydrogen) atoms. The summed E-state index contributed by atoms with van der Waals surface area (Å²) in [5.41, 5.74) is 0. The van der Waals surface area contributed by atoms with Crippen LogP contribution < -0.4 is 5.32 Å². The molecule has 0 aromatic rings. The number of rotatable bonds is 47. The molecule has 0 aliphatic rings. The molecule has 0 saturated carbocycles. The van der Waals surface area contributed by atoms with Gasteiger partial charge in [0.2, 0.25) is 5.91 Å². The highest BCUT2D eigenvalue weighted by Crippen LogP contribution is 2.17. The first-order chi connectivity index (χ1) is 30.5. The number of ether oxygens (including phenoxy) is 1. The molecule has 0 spiro atoms. The van der Waals surface area contributed by atoms with Crippen molar-refractivity contribution >= 4 is 11.9 Å². The maximum Gasteiger partial charge on any atom is 0.306 e. The van der Waals surface area contributed by atoms with E-state index in [1.54, 1.807) is 0 Å². The van der Waals surface area contributed by atoms with Gasteiger partial charge in [0.1, 0.15) is 6.10 Å². The zero-order chi connectivity index (χ0) is 45.2. The van der Waals surface area contributed by atoms with E-state index in [-0.39, 0.29) is 24.9 Å². The van der Waals surface area contributed by atoms with Gasteiger partial charge in [-0.05, 0) is 89.9 Å². The average molecular weight is 868 g/mol. The molecular weight excluding hydrogens is 767 g/mol. The Bertz CT molecular complexity index is 1110. The summed E-state index contributed by atoms with van der Waals surface area (Å²) in [6.07, 6.45) is 61.4. The highest BCUT2D eigenvalue weighted by Gasteiger charge is 2.24. The van der Waals surface area contributed by atoms with Gasteiger partial charge in [-0.1, -0.05) is 216 Å². The van der Waals surface area contributed by atoms with Crippen molar-refractivity contribution in [2.24, 2.45) is 0 Å². The topological polar surface area (TPSA) is 95.9 Å². The number of unbranched alkanes of at least 4 members (excludes halogenated alkanes) is 25. The molecule has 0 aromatic carbocycles. The number of hydrogen-bond acceptors (Lipinski definition) is 5. The van der Waals surface area contributed by atoms with E-state index in [2.05, 4.69) is 86.8 Å². The zero-order valence-electron chi connectivity index (χ0n) is 41.0. The second-order valence-electron chi connectivity index (χ2n) is 17.9. The Labute approximate surface area is 384 Å². The second-order valence-corrected chi connectivity index (χ2v) is 17.9. The Kier molecular flexibility index (Phi) is 47.6. The fourth-order valence-electron chi connectivity index (χ4n) is 7.77. The van der Waals surface area contributed by atoms with Crippen LogP contribution in [0, 0.1) is 0 Å². The fourth-order valence-corrected chi connectivity index (χ4v) is 7.77. The van der Waals surface area contributed by atoms with Crippen molar-refractivity contribution in [3.8, 4) is 0 Å². The summed E-state index contributed by atoms with van der Waals surface area (Å²) in [4.78, 5) is 26.1. The molecule has 3 N–H and O–H groups in total. The van der Waals surface area contributed by atoms with Crippen LogP contribution in [-0.4, -0.2) is 46.9 Å². The molecule has 360 valence electrons. The van der Waals surface area contributed by atoms with Crippen LogP contribution in [0.2, 0.25) is 0 Å². The molecule has 6 nitrogen and oxygen atoms in total. The lowest BCUT2D eigenvalue weighted by Crippen LogP contribution is -2.46. The predicted molar refractivity (Wildman–Crippen MR) is 268 cm³/mol. The monoisotopic (exact) mass is 868 g/mol. The van der Waals surface area contributed by atoms with E-state index in [1.807, 2.05) is 0 Å². The van der Waals surface area contributed by atoms with Crippen molar-refractivity contribution in [2.45, 2.75) is 277 Å². The molecule has 0 radical (unpaired) electrons. The first kappa shape index (κ1) is 59.6. The van der Waals surface area contributed by atoms with Gasteiger partial charge in [-0.2, -0.15) is 0 Å². The lowest BCUT2D eigenvalue weighted by atomic mass is 10.0. The molecule has 0 saturated heterocycles. The summed E-state index contributed by atoms with van der Waals surface area (Å²) in [6, 6.07) is -0.721. The number of amides is 1. The van der Waals surface area contributed by atoms with E-state index < -0.39 is 18.2 Å². The largest absolute Gasteiger partial charge is 0.462 e. The van der Waals surface area contributed by atoms with Crippen molar-refractivity contribution in [3.63, 3.8) is 0 Å². The van der Waals surface area contributed by atoms with E-state index in [1.165, 1.54) is 135 Å². The van der Waals surface area contributed by atoms with Crippen LogP contribution in [-0.2, 0) is 14.3 Å². The highest BCUT2D eigenvalue weighted by molar-refractivity contribution is 5.77. The lowest BCUT2D eigenvalue weighted by Gasteiger charge is -2.24. The molecule has 3 unspecified atom stereocenters. The minimum absolute atomic E-state index is 0.0361. The first-order valence-electron chi connectivity index (χ1n) is 26.5. The molecule has 6 heteroatoms. The number of carbonyl (C=O) groups is 2. The summed E-state index contributed by atoms with van der Waals surface area (Å²) in [6.45, 7) is 6.42. The number of hydrogen-bond donors (Lipinski definition) is 3. The third kappa shape index (κ3) is 44.2. The number of carbonyl (C=O) groups excluding carboxylic acids is 2. The molecular formula is C56H101NO5. The third-order valence-electron chi connectivity index (χ3n) is 11.8. The van der Waals surface area contributed by atoms with E-state index in [0.29, 0.717) is 19.3 Å². The van der Waals surface area contributed by atoms with Gasteiger partial charge in [0, 0.05) is 6.42 Å². The molecule has 3 atom stereocenters. The second kappa shape index (κ2) is 49.6. The van der Waals surface area contributed by atoms with Crippen LogP contribution in [0.25, 0.3) is 0 Å². The summed E-state index contributed by atoms with van der Waals surface area (Å²) in [7, 11) is 0. The van der Waals surface area contributed by atoms with Crippen molar-refractivity contribution in [1.82, 2.24) is 5.32 Å². The van der Waals surface area contributed by atoms with Crippen LogP contribution in [0.5, 0.6) is 0 Å². The van der Waals surface area contributed by atoms with Crippen molar-refractivity contribution in [3.05, 3.63) is 60.8 Å². The molecule has 1 amide bonds. The van der Waals surface area contributed by atoms with E-state index in [0.717, 1.165) is 77.0 Å². The Morgan fingerprint density at radius 3 is 1.32 bits per heavy atom. The van der Waals surface area contributed by atoms with E-state index in [9.17, 15) is 19.8 Å². The summed E-state index contributed by atoms with van der Waals surface area (Å²) >= 11 is 0. The van der Waals surface area contributed by atoms with Gasteiger partial charge in [0.15, 0.2) is 0 Å². The number of esters is 1. The Morgan fingerprint density at radius 2 is 0.839 bits per heavy atom. The summed E-state index contributed by atoms with van der Waals surface area (Å²) < 4.78 is 5.90. The van der Waals surface area contributed by atoms with Crippen LogP contribution in [0.3, 0.4) is 0 Å². The van der Waals surface area contributed by atoms with E-state index in [4.69, 9.17) is 4.74 Å². The Morgan fingerprint density at radius 1 is 0.468 bits per heavy atom. The lowest BCUT2D eigenvalue weighted by molar-refractivity contribution is -0.151. The standard InChI is InChI=1S/C56H101NO5/c1-4-7-10-13-16-19-22-25-27-28-29-30-32-35-38-41-44-47-52(62-56(61)49-46-43-40-37-34-24-21-18-15-12-9-6-3)50-55(60)57-53(51-58)54(59)48-45-42-39-36-33-31-26-23-20-17-14-11-8-5-2/h16,18-19,21,25,27,29-30,35,38,52-54,58-59H,4-15,17,20,22-24,26,28,31-34,36-37,39-51H2,1-3H3,(H,57,60)/b19-16-,21-18-,27-25-,30-29-,38-35-. The van der Waals surface area contributed by atoms with Crippen LogP contribution >= 0.6 is 0 Å². The maximum atomic E-state index is 13.2. The van der Waals surface area contributed by atoms with Crippen molar-refractivity contribution < 1.29 is 24.5 Å². The third-order valence-corrected chi connectivity index (χ3v) is 11.8. The van der Waals surface area contributed by atoms with Gasteiger partial charge in [0.05, 0.1) is 25.2 Å². The number of aliphatic hydroxyl groups is 2. The van der Waals surface area contributed by atoms with Crippen LogP contribution in [0.1, 0.15) is 258 Å². The summed E-state index contributed by atoms with van der Waals surface area (Å²) in [5, 5.41) is 23.8. The molecule has 0 rings (SSSR count). The minimum Gasteiger partial charge on any atom is -0.462 e. The maximum absolute atomic E-state index is 13.2. The smallest absolute Gasteiger partial charge is 0.306 e. The highest BCUT2D eigenvalue weighted by atomic mass is 16.5. The van der Waals surface area contributed by atoms with Crippen molar-refractivity contribution in [1.29, 1.82) is 0 Å². The van der Waals surface area contributed by atoms with Gasteiger partial charge in [-0.15, -0.1) is 0 Å². The molecule has 0 aliphatic carbocycles. The van der Waals surface area contributed by atoms with E-state index >= 15 is 0 Å². The van der Waals surface area contributed by atoms with Crippen molar-refractivity contribution in [2.75, 3.05) is 6.61 Å². The number of aliphatic hydroxyl groups excluding tert-OH is 2. The van der Waals surface area contributed by atoms with Crippen LogP contribution in [0.15, 0.2) is 60.8 Å². The van der Waals surface area contributed by atoms with Gasteiger partial charge in [-0.3, -0.25) is 9.59 Å². The molecule has 0 fully saturated rings. The number of nitrogens with one attached hydrogen (secondary N) is 1. The molecule has 0 bridgehead atoms.